The van der Waals surface area contributed by atoms with Gasteiger partial charge in [-0.25, -0.2) is 4.39 Å². The van der Waals surface area contributed by atoms with Crippen molar-refractivity contribution in [2.24, 2.45) is 35.5 Å². The smallest absolute Gasteiger partial charge is 0.377 e. The van der Waals surface area contributed by atoms with Crippen molar-refractivity contribution >= 4 is 5.78 Å². The summed E-state index contributed by atoms with van der Waals surface area (Å²) < 4.78 is 60.3. The molecule has 2 saturated carbocycles. The first-order valence-corrected chi connectivity index (χ1v) is 10.5. The van der Waals surface area contributed by atoms with Gasteiger partial charge in [0, 0.05) is 11.8 Å². The lowest BCUT2D eigenvalue weighted by Crippen LogP contribution is -2.48. The zero-order chi connectivity index (χ0) is 19.8. The van der Waals surface area contributed by atoms with Crippen molar-refractivity contribution in [3.05, 3.63) is 0 Å². The summed E-state index contributed by atoms with van der Waals surface area (Å²) in [5.41, 5.74) is 0. The molecular weight excluding hydrogens is 360 g/mol. The molecule has 3 aliphatic rings. The van der Waals surface area contributed by atoms with Crippen molar-refractivity contribution in [3.8, 4) is 0 Å². The summed E-state index contributed by atoms with van der Waals surface area (Å²) in [6.45, 7) is 3.94. The normalized spacial score (nSPS) is 44.1. The molecule has 0 amide bonds. The van der Waals surface area contributed by atoms with Gasteiger partial charge in [-0.2, -0.15) is 13.2 Å². The highest BCUT2D eigenvalue weighted by Gasteiger charge is 2.54. The van der Waals surface area contributed by atoms with Gasteiger partial charge in [0.25, 0.3) is 0 Å². The van der Waals surface area contributed by atoms with E-state index in [0.717, 1.165) is 25.2 Å². The van der Waals surface area contributed by atoms with E-state index in [1.807, 2.05) is 0 Å². The standard InChI is InChI=1S/C21H32F4O2/c1-12-3-6-14(7-4-12)17-10-8-15(11-27-17)20(26)16-9-5-13(2)18(19(16)22)21(23,24)25/h12-19H,3-11H2,1-2H3. The second-order valence-corrected chi connectivity index (χ2v) is 9.24. The summed E-state index contributed by atoms with van der Waals surface area (Å²) in [6, 6.07) is 0. The molecule has 6 unspecified atom stereocenters. The molecule has 2 nitrogen and oxygen atoms in total. The minimum atomic E-state index is -4.59. The Labute approximate surface area is 159 Å². The van der Waals surface area contributed by atoms with Gasteiger partial charge in [-0.15, -0.1) is 0 Å². The molecule has 3 rings (SSSR count). The number of ether oxygens (including phenoxy) is 1. The molecule has 1 heterocycles. The van der Waals surface area contributed by atoms with E-state index >= 15 is 0 Å². The molecule has 1 aliphatic heterocycles. The number of hydrogen-bond acceptors (Lipinski definition) is 2. The Kier molecular flexibility index (Phi) is 6.54. The predicted octanol–water partition coefficient (Wildman–Crippen LogP) is 5.74. The number of halogens is 4. The van der Waals surface area contributed by atoms with Gasteiger partial charge in [-0.1, -0.05) is 26.7 Å². The van der Waals surface area contributed by atoms with E-state index in [1.165, 1.54) is 19.8 Å². The zero-order valence-electron chi connectivity index (χ0n) is 16.3. The number of carbonyl (C=O) groups excluding carboxylic acids is 1. The van der Waals surface area contributed by atoms with Crippen LogP contribution in [0, 0.1) is 35.5 Å². The molecule has 156 valence electrons. The van der Waals surface area contributed by atoms with Crippen LogP contribution in [0.5, 0.6) is 0 Å². The number of ketones is 1. The Balaban J connectivity index is 1.56. The number of rotatable bonds is 3. The second kappa shape index (κ2) is 8.38. The van der Waals surface area contributed by atoms with Gasteiger partial charge in [-0.3, -0.25) is 4.79 Å². The molecule has 0 radical (unpaired) electrons. The van der Waals surface area contributed by atoms with Crippen LogP contribution in [0.3, 0.4) is 0 Å². The summed E-state index contributed by atoms with van der Waals surface area (Å²) in [5.74, 6) is -3.44. The van der Waals surface area contributed by atoms with E-state index in [2.05, 4.69) is 6.92 Å². The maximum Gasteiger partial charge on any atom is 0.394 e. The van der Waals surface area contributed by atoms with Crippen molar-refractivity contribution in [2.75, 3.05) is 6.61 Å². The molecule has 0 aromatic carbocycles. The first kappa shape index (κ1) is 21.1. The summed E-state index contributed by atoms with van der Waals surface area (Å²) in [6.07, 6.45) is -0.0321. The van der Waals surface area contributed by atoms with Crippen molar-refractivity contribution in [2.45, 2.75) is 83.7 Å². The number of Topliss-reactive ketones (excluding diaryl/α,β-unsaturated/α-hetero) is 1. The third-order valence-electron chi connectivity index (χ3n) is 7.32. The summed E-state index contributed by atoms with van der Waals surface area (Å²) in [7, 11) is 0. The molecule has 0 aromatic heterocycles. The molecule has 6 atom stereocenters. The van der Waals surface area contributed by atoms with E-state index in [4.69, 9.17) is 4.74 Å². The lowest BCUT2D eigenvalue weighted by Gasteiger charge is -2.41. The predicted molar refractivity (Wildman–Crippen MR) is 94.9 cm³/mol. The van der Waals surface area contributed by atoms with Gasteiger partial charge in [0.1, 0.15) is 12.0 Å². The zero-order valence-corrected chi connectivity index (χ0v) is 16.3. The Hall–Kier alpha value is -0.650. The second-order valence-electron chi connectivity index (χ2n) is 9.24. The van der Waals surface area contributed by atoms with E-state index in [9.17, 15) is 22.4 Å². The Morgan fingerprint density at radius 2 is 1.59 bits per heavy atom. The van der Waals surface area contributed by atoms with Crippen LogP contribution >= 0.6 is 0 Å². The van der Waals surface area contributed by atoms with Crippen molar-refractivity contribution < 1.29 is 27.1 Å². The van der Waals surface area contributed by atoms with Gasteiger partial charge in [-0.05, 0) is 56.3 Å². The van der Waals surface area contributed by atoms with E-state index < -0.39 is 36.0 Å². The summed E-state index contributed by atoms with van der Waals surface area (Å²) >= 11 is 0. The topological polar surface area (TPSA) is 26.3 Å². The van der Waals surface area contributed by atoms with Crippen LogP contribution in [-0.2, 0) is 9.53 Å². The Morgan fingerprint density at radius 1 is 0.926 bits per heavy atom. The van der Waals surface area contributed by atoms with Crippen molar-refractivity contribution in [1.82, 2.24) is 0 Å². The fourth-order valence-corrected chi connectivity index (χ4v) is 5.48. The highest BCUT2D eigenvalue weighted by molar-refractivity contribution is 5.84. The van der Waals surface area contributed by atoms with Gasteiger partial charge in [0.05, 0.1) is 18.6 Å². The molecule has 1 saturated heterocycles. The van der Waals surface area contributed by atoms with Crippen LogP contribution in [-0.4, -0.2) is 30.8 Å². The van der Waals surface area contributed by atoms with E-state index in [1.54, 1.807) is 0 Å². The van der Waals surface area contributed by atoms with Crippen molar-refractivity contribution in [3.63, 3.8) is 0 Å². The third-order valence-corrected chi connectivity index (χ3v) is 7.32. The SMILES string of the molecule is CC1CCC(C2CCC(C(=O)C3CCC(C)C(C(F)(F)F)C3F)CO2)CC1. The minimum absolute atomic E-state index is 0.150. The summed E-state index contributed by atoms with van der Waals surface area (Å²) in [5, 5.41) is 0. The average Bonchev–Trinajstić information content (AvgIpc) is 2.61. The van der Waals surface area contributed by atoms with E-state index in [0.29, 0.717) is 12.3 Å². The Morgan fingerprint density at radius 3 is 2.15 bits per heavy atom. The third kappa shape index (κ3) is 4.68. The molecule has 0 spiro atoms. The van der Waals surface area contributed by atoms with Crippen molar-refractivity contribution in [1.29, 1.82) is 0 Å². The molecule has 3 fully saturated rings. The Bertz CT molecular complexity index is 505. The van der Waals surface area contributed by atoms with Gasteiger partial charge in [0.15, 0.2) is 0 Å². The quantitative estimate of drug-likeness (QED) is 0.573. The molecular formula is C21H32F4O2. The lowest BCUT2D eigenvalue weighted by atomic mass is 9.69. The van der Waals surface area contributed by atoms with Crippen LogP contribution in [0.25, 0.3) is 0 Å². The first-order chi connectivity index (χ1) is 12.7. The number of hydrogen-bond donors (Lipinski definition) is 0. The maximum absolute atomic E-state index is 14.7. The largest absolute Gasteiger partial charge is 0.394 e. The fourth-order valence-electron chi connectivity index (χ4n) is 5.48. The van der Waals surface area contributed by atoms with Crippen LogP contribution in [0.4, 0.5) is 17.6 Å². The van der Waals surface area contributed by atoms with Gasteiger partial charge in [0.2, 0.25) is 0 Å². The first-order valence-electron chi connectivity index (χ1n) is 10.5. The van der Waals surface area contributed by atoms with Gasteiger partial charge >= 0.3 is 6.18 Å². The molecule has 0 bridgehead atoms. The summed E-state index contributed by atoms with van der Waals surface area (Å²) in [4.78, 5) is 12.8. The molecule has 27 heavy (non-hydrogen) atoms. The van der Waals surface area contributed by atoms with Crippen LogP contribution in [0.2, 0.25) is 0 Å². The average molecular weight is 392 g/mol. The maximum atomic E-state index is 14.7. The number of carbonyl (C=O) groups is 1. The minimum Gasteiger partial charge on any atom is -0.377 e. The van der Waals surface area contributed by atoms with Crippen LogP contribution < -0.4 is 0 Å². The lowest BCUT2D eigenvalue weighted by molar-refractivity contribution is -0.218. The highest BCUT2D eigenvalue weighted by Crippen LogP contribution is 2.46. The molecule has 6 heteroatoms. The molecule has 0 aromatic rings. The molecule has 0 N–H and O–H groups in total. The van der Waals surface area contributed by atoms with Crippen LogP contribution in [0.1, 0.15) is 65.2 Å². The van der Waals surface area contributed by atoms with Gasteiger partial charge < -0.3 is 4.74 Å². The highest BCUT2D eigenvalue weighted by atomic mass is 19.4. The van der Waals surface area contributed by atoms with Crippen LogP contribution in [0.15, 0.2) is 0 Å². The molecule has 2 aliphatic carbocycles. The monoisotopic (exact) mass is 392 g/mol. The number of alkyl halides is 4. The fraction of sp³-hybridized carbons (Fsp3) is 0.952. The van der Waals surface area contributed by atoms with E-state index in [-0.39, 0.29) is 31.3 Å².